The Labute approximate surface area is 111 Å². The van der Waals surface area contributed by atoms with Crippen LogP contribution in [0.2, 0.25) is 0 Å². The lowest BCUT2D eigenvalue weighted by atomic mass is 10.1. The second-order valence-corrected chi connectivity index (χ2v) is 3.81. The third kappa shape index (κ3) is 3.03. The van der Waals surface area contributed by atoms with Crippen LogP contribution >= 0.6 is 0 Å². The minimum Gasteiger partial charge on any atom is -0.377 e. The van der Waals surface area contributed by atoms with Gasteiger partial charge in [-0.1, -0.05) is 0 Å². The van der Waals surface area contributed by atoms with E-state index in [1.807, 2.05) is 0 Å². The van der Waals surface area contributed by atoms with Gasteiger partial charge in [0, 0.05) is 38.2 Å². The highest BCUT2D eigenvalue weighted by Gasteiger charge is 2.07. The molecule has 0 aromatic carbocycles. The molecule has 0 aliphatic carbocycles. The molecule has 6 heteroatoms. The first kappa shape index (κ1) is 12.9. The Bertz CT molecular complexity index is 621. The van der Waals surface area contributed by atoms with Gasteiger partial charge in [-0.3, -0.25) is 4.98 Å². The van der Waals surface area contributed by atoms with Gasteiger partial charge in [0.15, 0.2) is 5.82 Å². The lowest BCUT2D eigenvalue weighted by Gasteiger charge is -2.07. The van der Waals surface area contributed by atoms with Crippen LogP contribution in [0.1, 0.15) is 11.4 Å². The molecule has 0 aliphatic rings. The average molecular weight is 255 g/mol. The van der Waals surface area contributed by atoms with Crippen LogP contribution in [0.5, 0.6) is 0 Å². The van der Waals surface area contributed by atoms with E-state index in [2.05, 4.69) is 26.3 Å². The van der Waals surface area contributed by atoms with Crippen molar-refractivity contribution in [1.29, 1.82) is 5.26 Å². The van der Waals surface area contributed by atoms with Crippen LogP contribution < -0.4 is 5.32 Å². The van der Waals surface area contributed by atoms with Crippen LogP contribution in [0, 0.1) is 11.3 Å². The summed E-state index contributed by atoms with van der Waals surface area (Å²) in [4.78, 5) is 12.7. The maximum Gasteiger partial charge on any atom is 0.157 e. The summed E-state index contributed by atoms with van der Waals surface area (Å²) in [7, 11) is 3.37. The van der Waals surface area contributed by atoms with Crippen molar-refractivity contribution in [2.75, 3.05) is 19.5 Å². The van der Waals surface area contributed by atoms with Gasteiger partial charge in [-0.05, 0) is 6.07 Å². The monoisotopic (exact) mass is 255 g/mol. The standard InChI is InChI=1S/C13H13N5O/c1-15-12-4-11(17-13(18-12)8-19-2)10-3-9(5-14)6-16-7-10/h3-4,6-7H,8H2,1-2H3,(H,15,17,18). The number of pyridine rings is 1. The zero-order valence-corrected chi connectivity index (χ0v) is 10.7. The minimum atomic E-state index is 0.327. The molecule has 19 heavy (non-hydrogen) atoms. The second-order valence-electron chi connectivity index (χ2n) is 3.81. The molecule has 0 spiro atoms. The van der Waals surface area contributed by atoms with Crippen LogP contribution in [0.25, 0.3) is 11.3 Å². The number of nitrogens with zero attached hydrogens (tertiary/aromatic N) is 4. The van der Waals surface area contributed by atoms with Gasteiger partial charge < -0.3 is 10.1 Å². The highest BCUT2D eigenvalue weighted by atomic mass is 16.5. The maximum atomic E-state index is 8.89. The summed E-state index contributed by atoms with van der Waals surface area (Å²) in [5.74, 6) is 1.27. The van der Waals surface area contributed by atoms with Crippen LogP contribution in [0.4, 0.5) is 5.82 Å². The first-order valence-corrected chi connectivity index (χ1v) is 5.67. The van der Waals surface area contributed by atoms with Gasteiger partial charge in [0.25, 0.3) is 0 Å². The van der Waals surface area contributed by atoms with Gasteiger partial charge in [-0.2, -0.15) is 5.26 Å². The van der Waals surface area contributed by atoms with Gasteiger partial charge in [-0.25, -0.2) is 9.97 Å². The van der Waals surface area contributed by atoms with Gasteiger partial charge >= 0.3 is 0 Å². The summed E-state index contributed by atoms with van der Waals surface area (Å²) < 4.78 is 5.04. The number of rotatable bonds is 4. The molecule has 1 N–H and O–H groups in total. The van der Waals surface area contributed by atoms with Gasteiger partial charge in [0.1, 0.15) is 18.5 Å². The summed E-state index contributed by atoms with van der Waals surface area (Å²) in [6.07, 6.45) is 3.18. The van der Waals surface area contributed by atoms with E-state index in [0.717, 1.165) is 5.56 Å². The van der Waals surface area contributed by atoms with E-state index >= 15 is 0 Å². The Morgan fingerprint density at radius 2 is 2.16 bits per heavy atom. The Hall–Kier alpha value is -2.52. The summed E-state index contributed by atoms with van der Waals surface area (Å²) in [6, 6.07) is 5.60. The molecule has 96 valence electrons. The van der Waals surface area contributed by atoms with Crippen molar-refractivity contribution in [3.63, 3.8) is 0 Å². The van der Waals surface area contributed by atoms with Crippen molar-refractivity contribution in [2.45, 2.75) is 6.61 Å². The van der Waals surface area contributed by atoms with E-state index in [1.165, 1.54) is 6.20 Å². The predicted octanol–water partition coefficient (Wildman–Crippen LogP) is 1.60. The third-order valence-corrected chi connectivity index (χ3v) is 2.47. The molecule has 2 heterocycles. The number of anilines is 1. The highest BCUT2D eigenvalue weighted by molar-refractivity contribution is 5.63. The van der Waals surface area contributed by atoms with Crippen LogP contribution in [-0.2, 0) is 11.3 Å². The van der Waals surface area contributed by atoms with Crippen LogP contribution in [0.3, 0.4) is 0 Å². The Kier molecular flexibility index (Phi) is 4.00. The Balaban J connectivity index is 2.48. The molecule has 0 aliphatic heterocycles. The number of aromatic nitrogens is 3. The van der Waals surface area contributed by atoms with Crippen LogP contribution in [-0.4, -0.2) is 29.1 Å². The molecule has 2 aromatic heterocycles. The largest absolute Gasteiger partial charge is 0.377 e. The number of nitrogens with one attached hydrogen (secondary N) is 1. The topological polar surface area (TPSA) is 83.7 Å². The molecule has 2 aromatic rings. The molecule has 0 bridgehead atoms. The smallest absolute Gasteiger partial charge is 0.157 e. The van der Waals surface area contributed by atoms with E-state index < -0.39 is 0 Å². The zero-order chi connectivity index (χ0) is 13.7. The first-order chi connectivity index (χ1) is 9.26. The fraction of sp³-hybridized carbons (Fsp3) is 0.231. The molecular weight excluding hydrogens is 242 g/mol. The average Bonchev–Trinajstić information content (AvgIpc) is 2.47. The van der Waals surface area contributed by atoms with E-state index in [9.17, 15) is 0 Å². The molecule has 0 amide bonds. The van der Waals surface area contributed by atoms with Crippen molar-refractivity contribution in [3.05, 3.63) is 35.9 Å². The number of nitriles is 1. The lowest BCUT2D eigenvalue weighted by Crippen LogP contribution is -2.03. The summed E-state index contributed by atoms with van der Waals surface area (Å²) >= 11 is 0. The van der Waals surface area contributed by atoms with Crippen molar-refractivity contribution >= 4 is 5.82 Å². The molecule has 0 saturated heterocycles. The highest BCUT2D eigenvalue weighted by Crippen LogP contribution is 2.20. The van der Waals surface area contributed by atoms with Gasteiger partial charge in [-0.15, -0.1) is 0 Å². The molecule has 0 saturated carbocycles. The molecule has 6 nitrogen and oxygen atoms in total. The number of ether oxygens (including phenoxy) is 1. The summed E-state index contributed by atoms with van der Waals surface area (Å²) in [6.45, 7) is 0.327. The number of methoxy groups -OCH3 is 1. The molecular formula is C13H13N5O. The number of hydrogen-bond acceptors (Lipinski definition) is 6. The summed E-state index contributed by atoms with van der Waals surface area (Å²) in [5, 5.41) is 11.9. The van der Waals surface area contributed by atoms with E-state index in [1.54, 1.807) is 32.5 Å². The fourth-order valence-corrected chi connectivity index (χ4v) is 1.61. The fourth-order valence-electron chi connectivity index (χ4n) is 1.61. The molecule has 0 atom stereocenters. The predicted molar refractivity (Wildman–Crippen MR) is 70.2 cm³/mol. The Morgan fingerprint density at radius 3 is 2.84 bits per heavy atom. The van der Waals surface area contributed by atoms with Crippen molar-refractivity contribution in [3.8, 4) is 17.3 Å². The minimum absolute atomic E-state index is 0.327. The van der Waals surface area contributed by atoms with E-state index in [0.29, 0.717) is 29.5 Å². The number of hydrogen-bond donors (Lipinski definition) is 1. The first-order valence-electron chi connectivity index (χ1n) is 5.67. The van der Waals surface area contributed by atoms with Gasteiger partial charge in [0.2, 0.25) is 0 Å². The zero-order valence-electron chi connectivity index (χ0n) is 10.7. The van der Waals surface area contributed by atoms with Crippen LogP contribution in [0.15, 0.2) is 24.5 Å². The SMILES string of the molecule is CNc1cc(-c2cncc(C#N)c2)nc(COC)n1. The lowest BCUT2D eigenvalue weighted by molar-refractivity contribution is 0.178. The summed E-state index contributed by atoms with van der Waals surface area (Å²) in [5.41, 5.74) is 1.97. The molecule has 0 unspecified atom stereocenters. The maximum absolute atomic E-state index is 8.89. The normalized spacial score (nSPS) is 9.95. The molecule has 2 rings (SSSR count). The molecule has 0 fully saturated rings. The second kappa shape index (κ2) is 5.89. The van der Waals surface area contributed by atoms with E-state index in [4.69, 9.17) is 10.00 Å². The van der Waals surface area contributed by atoms with E-state index in [-0.39, 0.29) is 0 Å². The van der Waals surface area contributed by atoms with Crippen molar-refractivity contribution in [1.82, 2.24) is 15.0 Å². The van der Waals surface area contributed by atoms with Crippen molar-refractivity contribution in [2.24, 2.45) is 0 Å². The third-order valence-electron chi connectivity index (χ3n) is 2.47. The van der Waals surface area contributed by atoms with Gasteiger partial charge in [0.05, 0.1) is 11.3 Å². The molecule has 0 radical (unpaired) electrons. The Morgan fingerprint density at radius 1 is 1.32 bits per heavy atom. The van der Waals surface area contributed by atoms with Crippen molar-refractivity contribution < 1.29 is 4.74 Å². The quantitative estimate of drug-likeness (QED) is 0.893.